The van der Waals surface area contributed by atoms with Crippen LogP contribution < -0.4 is 5.73 Å². The Morgan fingerprint density at radius 3 is 2.78 bits per heavy atom. The van der Waals surface area contributed by atoms with E-state index in [1.807, 2.05) is 12.1 Å². The first kappa shape index (κ1) is 11.3. The second-order valence-corrected chi connectivity index (χ2v) is 5.22. The Hall–Kier alpha value is -1.77. The Kier molecular flexibility index (Phi) is 2.82. The second-order valence-electron chi connectivity index (χ2n) is 5.22. The first-order valence-corrected chi connectivity index (χ1v) is 6.52. The lowest BCUT2D eigenvalue weighted by Crippen LogP contribution is -2.22. The fraction of sp³-hybridized carbons (Fsp3) is 0.400. The number of nitrogens with two attached hydrogens (primary N) is 1. The van der Waals surface area contributed by atoms with Gasteiger partial charge in [0.2, 0.25) is 0 Å². The van der Waals surface area contributed by atoms with Crippen molar-refractivity contribution < 1.29 is 4.52 Å². The molecule has 1 aliphatic rings. The first-order valence-electron chi connectivity index (χ1n) is 6.52. The van der Waals surface area contributed by atoms with Gasteiger partial charge in [0, 0.05) is 17.2 Å². The number of hydrogen-bond acceptors (Lipinski definition) is 3. The molecule has 1 fully saturated rings. The van der Waals surface area contributed by atoms with Crippen LogP contribution in [-0.2, 0) is 0 Å². The fourth-order valence-electron chi connectivity index (χ4n) is 2.78. The van der Waals surface area contributed by atoms with Crippen molar-refractivity contribution in [3.63, 3.8) is 0 Å². The number of benzene rings is 1. The molecule has 0 amide bonds. The van der Waals surface area contributed by atoms with Gasteiger partial charge in [-0.25, -0.2) is 0 Å². The number of nitrogens with zero attached hydrogens (tertiary/aromatic N) is 1. The molecule has 1 saturated carbocycles. The largest absolute Gasteiger partial charge is 0.399 e. The van der Waals surface area contributed by atoms with Crippen molar-refractivity contribution in [2.75, 3.05) is 5.73 Å². The lowest BCUT2D eigenvalue weighted by atomic mass is 9.71. The molecular weight excluding hydrogens is 224 g/mol. The smallest absolute Gasteiger partial charge is 0.127 e. The van der Waals surface area contributed by atoms with Gasteiger partial charge in [0.15, 0.2) is 0 Å². The highest BCUT2D eigenvalue weighted by Crippen LogP contribution is 2.43. The average molecular weight is 242 g/mol. The maximum atomic E-state index is 5.90. The molecule has 94 valence electrons. The summed E-state index contributed by atoms with van der Waals surface area (Å²) < 4.78 is 5.12. The lowest BCUT2D eigenvalue weighted by molar-refractivity contribution is 0.274. The van der Waals surface area contributed by atoms with E-state index in [0.717, 1.165) is 16.9 Å². The zero-order valence-electron chi connectivity index (χ0n) is 10.6. The third-order valence-electron chi connectivity index (χ3n) is 3.97. The van der Waals surface area contributed by atoms with Gasteiger partial charge in [0.05, 0.1) is 5.69 Å². The average Bonchev–Trinajstić information content (AvgIpc) is 2.69. The van der Waals surface area contributed by atoms with Crippen LogP contribution in [0.2, 0.25) is 0 Å². The van der Waals surface area contributed by atoms with Gasteiger partial charge in [0.1, 0.15) is 6.26 Å². The number of nitrogen functional groups attached to an aromatic ring is 1. The molecule has 2 N–H and O–H groups in total. The highest BCUT2D eigenvalue weighted by Gasteiger charge is 2.32. The van der Waals surface area contributed by atoms with E-state index in [1.165, 1.54) is 24.8 Å². The quantitative estimate of drug-likeness (QED) is 0.838. The number of anilines is 1. The first-order chi connectivity index (χ1) is 8.75. The van der Waals surface area contributed by atoms with Crippen LogP contribution in [0, 0.1) is 12.8 Å². The Balaban J connectivity index is 2.03. The molecule has 3 nitrogen and oxygen atoms in total. The van der Waals surface area contributed by atoms with Gasteiger partial charge in [-0.2, -0.15) is 0 Å². The molecule has 1 atom stereocenters. The second kappa shape index (κ2) is 4.48. The van der Waals surface area contributed by atoms with Crippen molar-refractivity contribution in [2.24, 2.45) is 5.92 Å². The maximum absolute atomic E-state index is 5.90. The molecule has 0 spiro atoms. The summed E-state index contributed by atoms with van der Waals surface area (Å²) in [6, 6.07) is 8.16. The van der Waals surface area contributed by atoms with Crippen molar-refractivity contribution in [1.29, 1.82) is 0 Å². The highest BCUT2D eigenvalue weighted by atomic mass is 16.5. The van der Waals surface area contributed by atoms with E-state index in [1.54, 1.807) is 6.26 Å². The minimum Gasteiger partial charge on any atom is -0.399 e. The zero-order chi connectivity index (χ0) is 12.5. The van der Waals surface area contributed by atoms with E-state index >= 15 is 0 Å². The summed E-state index contributed by atoms with van der Waals surface area (Å²) >= 11 is 0. The third-order valence-corrected chi connectivity index (χ3v) is 3.97. The van der Waals surface area contributed by atoms with E-state index in [2.05, 4.69) is 24.2 Å². The Morgan fingerprint density at radius 2 is 2.22 bits per heavy atom. The number of rotatable bonds is 3. The molecule has 0 bridgehead atoms. The summed E-state index contributed by atoms with van der Waals surface area (Å²) in [5, 5.41) is 4.21. The van der Waals surface area contributed by atoms with E-state index in [-0.39, 0.29) is 0 Å². The van der Waals surface area contributed by atoms with Gasteiger partial charge < -0.3 is 10.3 Å². The van der Waals surface area contributed by atoms with Crippen molar-refractivity contribution in [3.8, 4) is 0 Å². The van der Waals surface area contributed by atoms with E-state index in [4.69, 9.17) is 10.3 Å². The summed E-state index contributed by atoms with van der Waals surface area (Å²) in [6.07, 6.45) is 5.59. The summed E-state index contributed by atoms with van der Waals surface area (Å²) in [4.78, 5) is 0. The lowest BCUT2D eigenvalue weighted by Gasteiger charge is -2.33. The van der Waals surface area contributed by atoms with Crippen LogP contribution >= 0.6 is 0 Å². The molecule has 1 aromatic heterocycles. The van der Waals surface area contributed by atoms with Crippen LogP contribution in [0.25, 0.3) is 0 Å². The van der Waals surface area contributed by atoms with Gasteiger partial charge in [-0.15, -0.1) is 0 Å². The molecule has 0 radical (unpaired) electrons. The monoisotopic (exact) mass is 242 g/mol. The Bertz CT molecular complexity index is 543. The standard InChI is InChI=1S/C15H18N2O/c1-10-9-18-17-15(10)14(11-4-2-5-11)12-6-3-7-13(16)8-12/h3,6-9,11,14H,2,4-5,16H2,1H3. The van der Waals surface area contributed by atoms with Crippen LogP contribution in [-0.4, -0.2) is 5.16 Å². The number of aromatic nitrogens is 1. The van der Waals surface area contributed by atoms with Crippen molar-refractivity contribution in [2.45, 2.75) is 32.1 Å². The van der Waals surface area contributed by atoms with Crippen LogP contribution in [0.15, 0.2) is 35.1 Å². The molecule has 1 unspecified atom stereocenters. The summed E-state index contributed by atoms with van der Waals surface area (Å²) in [7, 11) is 0. The molecule has 0 aliphatic heterocycles. The molecule has 1 heterocycles. The summed E-state index contributed by atoms with van der Waals surface area (Å²) in [6.45, 7) is 2.06. The van der Waals surface area contributed by atoms with E-state index < -0.39 is 0 Å². The van der Waals surface area contributed by atoms with Crippen LogP contribution in [0.3, 0.4) is 0 Å². The van der Waals surface area contributed by atoms with E-state index in [0.29, 0.717) is 11.8 Å². The molecule has 1 aliphatic carbocycles. The molecule has 3 rings (SSSR count). The molecule has 0 saturated heterocycles. The van der Waals surface area contributed by atoms with Gasteiger partial charge in [0.25, 0.3) is 0 Å². The third kappa shape index (κ3) is 1.90. The van der Waals surface area contributed by atoms with Crippen molar-refractivity contribution >= 4 is 5.69 Å². The van der Waals surface area contributed by atoms with Gasteiger partial charge in [-0.05, 0) is 43.4 Å². The van der Waals surface area contributed by atoms with Crippen LogP contribution in [0.4, 0.5) is 5.69 Å². The minimum absolute atomic E-state index is 0.334. The summed E-state index contributed by atoms with van der Waals surface area (Å²) in [5.41, 5.74) is 10.2. The van der Waals surface area contributed by atoms with Crippen molar-refractivity contribution in [1.82, 2.24) is 5.16 Å². The zero-order valence-corrected chi connectivity index (χ0v) is 10.6. The molecule has 1 aromatic carbocycles. The molecule has 18 heavy (non-hydrogen) atoms. The highest BCUT2D eigenvalue weighted by molar-refractivity contribution is 5.44. The topological polar surface area (TPSA) is 52.0 Å². The fourth-order valence-corrected chi connectivity index (χ4v) is 2.78. The predicted molar refractivity (Wildman–Crippen MR) is 71.3 cm³/mol. The van der Waals surface area contributed by atoms with Crippen LogP contribution in [0.1, 0.15) is 42.0 Å². The normalized spacial score (nSPS) is 17.4. The molecular formula is C15H18N2O. The predicted octanol–water partition coefficient (Wildman–Crippen LogP) is 3.50. The van der Waals surface area contributed by atoms with Crippen LogP contribution in [0.5, 0.6) is 0 Å². The Morgan fingerprint density at radius 1 is 1.39 bits per heavy atom. The van der Waals surface area contributed by atoms with E-state index in [9.17, 15) is 0 Å². The number of hydrogen-bond donors (Lipinski definition) is 1. The maximum Gasteiger partial charge on any atom is 0.127 e. The van der Waals surface area contributed by atoms with Gasteiger partial charge in [-0.3, -0.25) is 0 Å². The molecule has 3 heteroatoms. The number of aryl methyl sites for hydroxylation is 1. The van der Waals surface area contributed by atoms with Gasteiger partial charge >= 0.3 is 0 Å². The molecule has 2 aromatic rings. The van der Waals surface area contributed by atoms with Gasteiger partial charge in [-0.1, -0.05) is 23.7 Å². The van der Waals surface area contributed by atoms with Crippen molar-refractivity contribution in [3.05, 3.63) is 47.3 Å². The summed E-state index contributed by atoms with van der Waals surface area (Å²) in [5.74, 6) is 1.01. The minimum atomic E-state index is 0.334. The SMILES string of the molecule is Cc1conc1C(c1cccc(N)c1)C1CCC1. The Labute approximate surface area is 107 Å².